The van der Waals surface area contributed by atoms with Crippen molar-refractivity contribution in [2.75, 3.05) is 0 Å². The topological polar surface area (TPSA) is 68.9 Å². The van der Waals surface area contributed by atoms with Gasteiger partial charge in [-0.3, -0.25) is 9.59 Å². The third kappa shape index (κ3) is 4.81. The van der Waals surface area contributed by atoms with E-state index in [1.54, 1.807) is 23.2 Å². The lowest BCUT2D eigenvalue weighted by atomic mass is 9.86. The van der Waals surface area contributed by atoms with Crippen LogP contribution in [0.4, 0.5) is 0 Å². The van der Waals surface area contributed by atoms with Crippen molar-refractivity contribution >= 4 is 5.91 Å². The fourth-order valence-electron chi connectivity index (χ4n) is 2.53. The van der Waals surface area contributed by atoms with Gasteiger partial charge in [-0.05, 0) is 18.4 Å². The first kappa shape index (κ1) is 18.0. The van der Waals surface area contributed by atoms with Gasteiger partial charge in [0.2, 0.25) is 5.91 Å². The Morgan fingerprint density at radius 3 is 2.67 bits per heavy atom. The molecule has 0 fully saturated rings. The Morgan fingerprint density at radius 1 is 1.33 bits per heavy atom. The summed E-state index contributed by atoms with van der Waals surface area (Å²) in [7, 11) is 0. The van der Waals surface area contributed by atoms with Gasteiger partial charge in [0.25, 0.3) is 5.56 Å². The number of aromatic nitrogens is 3. The summed E-state index contributed by atoms with van der Waals surface area (Å²) in [6.07, 6.45) is 5.64. The van der Waals surface area contributed by atoms with Crippen LogP contribution < -0.4 is 10.9 Å². The number of imidazole rings is 1. The average molecular weight is 330 g/mol. The largest absolute Gasteiger partial charge is 0.351 e. The highest BCUT2D eigenvalue weighted by atomic mass is 16.2. The maximum Gasteiger partial charge on any atom is 0.250 e. The summed E-state index contributed by atoms with van der Waals surface area (Å²) in [6, 6.07) is 5.10. The fourth-order valence-corrected chi connectivity index (χ4v) is 2.53. The van der Waals surface area contributed by atoms with Crippen LogP contribution in [0.5, 0.6) is 0 Å². The van der Waals surface area contributed by atoms with Crippen LogP contribution in [0.3, 0.4) is 0 Å². The van der Waals surface area contributed by atoms with Crippen LogP contribution in [0.1, 0.15) is 32.9 Å². The van der Waals surface area contributed by atoms with Gasteiger partial charge < -0.3 is 14.5 Å². The molecule has 0 aliphatic heterocycles. The fraction of sp³-hybridized carbons (Fsp3) is 0.500. The molecule has 2 aromatic heterocycles. The van der Waals surface area contributed by atoms with Crippen LogP contribution in [0.15, 0.2) is 41.7 Å². The van der Waals surface area contributed by atoms with E-state index in [2.05, 4.69) is 31.1 Å². The predicted octanol–water partition coefficient (Wildman–Crippen LogP) is 1.97. The minimum absolute atomic E-state index is 0.0206. The number of pyridine rings is 1. The van der Waals surface area contributed by atoms with Gasteiger partial charge in [-0.15, -0.1) is 0 Å². The second-order valence-corrected chi connectivity index (χ2v) is 7.15. The van der Waals surface area contributed by atoms with Crippen LogP contribution in [-0.4, -0.2) is 26.1 Å². The normalized spacial score (nSPS) is 12.8. The number of carbonyl (C=O) groups is 1. The molecule has 0 spiro atoms. The molecular weight excluding hydrogens is 304 g/mol. The highest BCUT2D eigenvalue weighted by molar-refractivity contribution is 5.76. The molecule has 0 aliphatic carbocycles. The SMILES string of the molecule is Cc1cccc(=O)n1CCC(=O)N[C@@H](Cn1ccnc1)C(C)(C)C. The Balaban J connectivity index is 1.99. The first-order valence-corrected chi connectivity index (χ1v) is 8.19. The van der Waals surface area contributed by atoms with E-state index in [4.69, 9.17) is 0 Å². The van der Waals surface area contributed by atoms with Crippen molar-refractivity contribution in [1.82, 2.24) is 19.4 Å². The number of rotatable bonds is 6. The molecule has 1 N–H and O–H groups in total. The zero-order valence-corrected chi connectivity index (χ0v) is 14.8. The van der Waals surface area contributed by atoms with E-state index in [-0.39, 0.29) is 29.3 Å². The molecule has 1 atom stereocenters. The van der Waals surface area contributed by atoms with E-state index in [0.717, 1.165) is 5.69 Å². The van der Waals surface area contributed by atoms with Crippen molar-refractivity contribution in [3.8, 4) is 0 Å². The molecule has 0 bridgehead atoms. The number of carbonyl (C=O) groups excluding carboxylic acids is 1. The van der Waals surface area contributed by atoms with Gasteiger partial charge in [-0.1, -0.05) is 26.8 Å². The van der Waals surface area contributed by atoms with Crippen LogP contribution in [0.25, 0.3) is 0 Å². The van der Waals surface area contributed by atoms with Gasteiger partial charge in [0.15, 0.2) is 0 Å². The van der Waals surface area contributed by atoms with Crippen molar-refractivity contribution in [2.45, 2.75) is 53.2 Å². The van der Waals surface area contributed by atoms with E-state index < -0.39 is 0 Å². The Bertz CT molecular complexity index is 726. The van der Waals surface area contributed by atoms with Gasteiger partial charge in [-0.2, -0.15) is 0 Å². The third-order valence-electron chi connectivity index (χ3n) is 4.16. The molecule has 6 heteroatoms. The summed E-state index contributed by atoms with van der Waals surface area (Å²) >= 11 is 0. The summed E-state index contributed by atoms with van der Waals surface area (Å²) < 4.78 is 3.59. The van der Waals surface area contributed by atoms with Crippen LogP contribution in [0.2, 0.25) is 0 Å². The summed E-state index contributed by atoms with van der Waals surface area (Å²) in [4.78, 5) is 28.3. The minimum Gasteiger partial charge on any atom is -0.351 e. The van der Waals surface area contributed by atoms with Crippen LogP contribution in [-0.2, 0) is 17.9 Å². The molecule has 2 heterocycles. The number of nitrogens with zero attached hydrogens (tertiary/aromatic N) is 3. The molecule has 130 valence electrons. The molecule has 2 aromatic rings. The number of hydrogen-bond acceptors (Lipinski definition) is 3. The second kappa shape index (κ2) is 7.47. The number of amides is 1. The van der Waals surface area contributed by atoms with E-state index in [1.165, 1.54) is 6.07 Å². The highest BCUT2D eigenvalue weighted by Crippen LogP contribution is 2.21. The quantitative estimate of drug-likeness (QED) is 0.880. The smallest absolute Gasteiger partial charge is 0.250 e. The molecule has 0 unspecified atom stereocenters. The molecule has 0 radical (unpaired) electrons. The molecule has 0 saturated heterocycles. The van der Waals surface area contributed by atoms with Crippen molar-refractivity contribution in [3.05, 3.63) is 53.0 Å². The predicted molar refractivity (Wildman–Crippen MR) is 93.7 cm³/mol. The lowest BCUT2D eigenvalue weighted by Crippen LogP contribution is -2.46. The molecule has 1 amide bonds. The molecule has 0 aliphatic rings. The van der Waals surface area contributed by atoms with Crippen LogP contribution in [0, 0.1) is 12.3 Å². The van der Waals surface area contributed by atoms with E-state index >= 15 is 0 Å². The van der Waals surface area contributed by atoms with Crippen molar-refractivity contribution in [2.24, 2.45) is 5.41 Å². The standard InChI is InChI=1S/C18H26N4O2/c1-14-6-5-7-17(24)22(14)10-8-16(23)20-15(18(2,3)4)12-21-11-9-19-13-21/h5-7,9,11,13,15H,8,10,12H2,1-4H3,(H,20,23)/t15-/m0/s1. The van der Waals surface area contributed by atoms with Gasteiger partial charge in [0.1, 0.15) is 0 Å². The molecular formula is C18H26N4O2. The Hall–Kier alpha value is -2.37. The summed E-state index contributed by atoms with van der Waals surface area (Å²) in [6.45, 7) is 9.22. The van der Waals surface area contributed by atoms with Gasteiger partial charge >= 0.3 is 0 Å². The molecule has 0 saturated carbocycles. The molecule has 6 nitrogen and oxygen atoms in total. The van der Waals surface area contributed by atoms with Gasteiger partial charge in [-0.25, -0.2) is 4.98 Å². The molecule has 2 rings (SSSR count). The molecule has 0 aromatic carbocycles. The third-order valence-corrected chi connectivity index (χ3v) is 4.16. The number of aryl methyl sites for hydroxylation is 1. The Labute approximate surface area is 142 Å². The molecule has 24 heavy (non-hydrogen) atoms. The summed E-state index contributed by atoms with van der Waals surface area (Å²) in [5.41, 5.74) is 0.703. The lowest BCUT2D eigenvalue weighted by molar-refractivity contribution is -0.122. The highest BCUT2D eigenvalue weighted by Gasteiger charge is 2.26. The zero-order valence-electron chi connectivity index (χ0n) is 14.8. The first-order chi connectivity index (χ1) is 11.3. The van der Waals surface area contributed by atoms with E-state index in [9.17, 15) is 9.59 Å². The summed E-state index contributed by atoms with van der Waals surface area (Å²) in [5.74, 6) is -0.0507. The van der Waals surface area contributed by atoms with Crippen molar-refractivity contribution < 1.29 is 4.79 Å². The van der Waals surface area contributed by atoms with Crippen molar-refractivity contribution in [3.63, 3.8) is 0 Å². The lowest BCUT2D eigenvalue weighted by Gasteiger charge is -2.32. The maximum atomic E-state index is 12.4. The monoisotopic (exact) mass is 330 g/mol. The zero-order chi connectivity index (χ0) is 17.7. The van der Waals surface area contributed by atoms with Crippen LogP contribution >= 0.6 is 0 Å². The number of nitrogens with one attached hydrogen (secondary N) is 1. The van der Waals surface area contributed by atoms with E-state index in [0.29, 0.717) is 13.1 Å². The summed E-state index contributed by atoms with van der Waals surface area (Å²) in [5, 5.41) is 3.10. The van der Waals surface area contributed by atoms with Gasteiger partial charge in [0.05, 0.1) is 12.4 Å². The van der Waals surface area contributed by atoms with Crippen molar-refractivity contribution in [1.29, 1.82) is 0 Å². The average Bonchev–Trinajstić information content (AvgIpc) is 2.98. The minimum atomic E-state index is -0.0839. The Morgan fingerprint density at radius 2 is 2.08 bits per heavy atom. The second-order valence-electron chi connectivity index (χ2n) is 7.15. The first-order valence-electron chi connectivity index (χ1n) is 8.19. The number of hydrogen-bond donors (Lipinski definition) is 1. The van der Waals surface area contributed by atoms with E-state index in [1.807, 2.05) is 23.8 Å². The Kier molecular flexibility index (Phi) is 5.59. The maximum absolute atomic E-state index is 12.4. The van der Waals surface area contributed by atoms with Gasteiger partial charge in [0, 0.05) is 43.7 Å².